The first-order valence-corrected chi connectivity index (χ1v) is 9.89. The molecule has 0 bridgehead atoms. The minimum Gasteiger partial charge on any atom is -0.353 e. The third kappa shape index (κ3) is 14.4. The molecule has 0 aromatic carbocycles. The Morgan fingerprint density at radius 2 is 1.23 bits per heavy atom. The van der Waals surface area contributed by atoms with Crippen LogP contribution in [0, 0.1) is 5.92 Å². The number of carbonyl (C=O) groups is 1. The van der Waals surface area contributed by atoms with Gasteiger partial charge in [0.2, 0.25) is 5.91 Å². The van der Waals surface area contributed by atoms with Gasteiger partial charge >= 0.3 is 0 Å². The molecular weight excluding hydrogens is 270 g/mol. The van der Waals surface area contributed by atoms with Gasteiger partial charge in [0.15, 0.2) is 0 Å². The molecule has 0 fully saturated rings. The first-order chi connectivity index (χ1) is 10.6. The molecule has 0 rings (SSSR count). The summed E-state index contributed by atoms with van der Waals surface area (Å²) in [5.74, 6) is 0.705. The van der Waals surface area contributed by atoms with Crippen LogP contribution in [-0.2, 0) is 4.79 Å². The normalized spacial score (nSPS) is 11.4. The molecule has 0 saturated heterocycles. The second-order valence-corrected chi connectivity index (χ2v) is 7.27. The molecule has 2 heteroatoms. The van der Waals surface area contributed by atoms with E-state index in [0.717, 1.165) is 0 Å². The van der Waals surface area contributed by atoms with Crippen molar-refractivity contribution in [3.05, 3.63) is 0 Å². The van der Waals surface area contributed by atoms with Crippen molar-refractivity contribution in [3.8, 4) is 0 Å². The zero-order valence-electron chi connectivity index (χ0n) is 15.8. The Bertz CT molecular complexity index is 236. The molecule has 0 heterocycles. The quantitative estimate of drug-likeness (QED) is 0.356. The Labute approximate surface area is 139 Å². The van der Waals surface area contributed by atoms with E-state index < -0.39 is 0 Å². The lowest BCUT2D eigenvalue weighted by Gasteiger charge is -2.19. The van der Waals surface area contributed by atoms with Crippen LogP contribution in [0.1, 0.15) is 111 Å². The van der Waals surface area contributed by atoms with E-state index in [1.165, 1.54) is 77.0 Å². The number of nitrogens with one attached hydrogen (secondary N) is 1. The minimum absolute atomic E-state index is 0.252. The third-order valence-electron chi connectivity index (χ3n) is 4.27. The van der Waals surface area contributed by atoms with Crippen molar-refractivity contribution in [3.63, 3.8) is 0 Å². The van der Waals surface area contributed by atoms with Gasteiger partial charge in [-0.05, 0) is 18.8 Å². The molecule has 0 unspecified atom stereocenters. The van der Waals surface area contributed by atoms with Gasteiger partial charge in [0.05, 0.1) is 0 Å². The topological polar surface area (TPSA) is 29.1 Å². The maximum atomic E-state index is 12.0. The molecule has 1 N–H and O–H groups in total. The summed E-state index contributed by atoms with van der Waals surface area (Å²) in [4.78, 5) is 12.0. The highest BCUT2D eigenvalue weighted by Crippen LogP contribution is 2.14. The maximum absolute atomic E-state index is 12.0. The van der Waals surface area contributed by atoms with E-state index in [9.17, 15) is 4.79 Å². The predicted octanol–water partition coefficient (Wildman–Crippen LogP) is 6.24. The molecule has 0 aromatic heterocycles. The van der Waals surface area contributed by atoms with Crippen molar-refractivity contribution in [2.75, 3.05) is 0 Å². The van der Waals surface area contributed by atoms with Gasteiger partial charge in [0.1, 0.15) is 0 Å². The first kappa shape index (κ1) is 21.5. The summed E-state index contributed by atoms with van der Waals surface area (Å²) in [6.45, 7) is 8.74. The van der Waals surface area contributed by atoms with Crippen LogP contribution in [0.3, 0.4) is 0 Å². The average molecular weight is 312 g/mol. The van der Waals surface area contributed by atoms with Gasteiger partial charge in [-0.2, -0.15) is 0 Å². The van der Waals surface area contributed by atoms with Crippen LogP contribution in [0.2, 0.25) is 0 Å². The summed E-state index contributed by atoms with van der Waals surface area (Å²) in [5.41, 5.74) is 0. The van der Waals surface area contributed by atoms with E-state index in [-0.39, 0.29) is 5.91 Å². The van der Waals surface area contributed by atoms with E-state index in [2.05, 4.69) is 33.0 Å². The lowest BCUT2D eigenvalue weighted by Crippen LogP contribution is -2.35. The van der Waals surface area contributed by atoms with Crippen LogP contribution in [0.5, 0.6) is 0 Å². The molecule has 0 aliphatic carbocycles. The minimum atomic E-state index is 0.252. The number of hydrogen-bond donors (Lipinski definition) is 1. The zero-order chi connectivity index (χ0) is 16.6. The van der Waals surface area contributed by atoms with Crippen LogP contribution >= 0.6 is 0 Å². The fraction of sp³-hybridized carbons (Fsp3) is 0.950. The molecule has 132 valence electrons. The first-order valence-electron chi connectivity index (χ1n) is 9.89. The van der Waals surface area contributed by atoms with Crippen LogP contribution in [0.25, 0.3) is 0 Å². The van der Waals surface area contributed by atoms with Crippen LogP contribution in [0.15, 0.2) is 0 Å². The molecule has 1 amide bonds. The molecule has 0 aliphatic heterocycles. The van der Waals surface area contributed by atoms with Crippen LogP contribution in [-0.4, -0.2) is 11.9 Å². The van der Waals surface area contributed by atoms with Crippen molar-refractivity contribution in [2.24, 2.45) is 5.92 Å². The Balaban J connectivity index is 3.99. The van der Waals surface area contributed by atoms with E-state index in [4.69, 9.17) is 0 Å². The average Bonchev–Trinajstić information content (AvgIpc) is 2.45. The Kier molecular flexibility index (Phi) is 15.0. The molecule has 0 radical (unpaired) electrons. The standard InChI is InChI=1S/C20H41NO/c1-5-7-9-11-13-15-19(16-14-12-10-8-6-2)21-20(22)17-18(3)4/h18-19H,5-17H2,1-4H3,(H,21,22). The number of rotatable bonds is 15. The van der Waals surface area contributed by atoms with Crippen molar-refractivity contribution >= 4 is 5.91 Å². The van der Waals surface area contributed by atoms with E-state index in [1.807, 2.05) is 0 Å². The smallest absolute Gasteiger partial charge is 0.220 e. The summed E-state index contributed by atoms with van der Waals surface area (Å²) >= 11 is 0. The fourth-order valence-electron chi connectivity index (χ4n) is 2.93. The van der Waals surface area contributed by atoms with Gasteiger partial charge in [0, 0.05) is 12.5 Å². The molecule has 0 aromatic rings. The number of hydrogen-bond acceptors (Lipinski definition) is 1. The maximum Gasteiger partial charge on any atom is 0.220 e. The number of amides is 1. The molecule has 2 nitrogen and oxygen atoms in total. The number of unbranched alkanes of at least 4 members (excludes halogenated alkanes) is 8. The van der Waals surface area contributed by atoms with Gasteiger partial charge in [-0.1, -0.05) is 91.9 Å². The highest BCUT2D eigenvalue weighted by molar-refractivity contribution is 5.76. The Morgan fingerprint density at radius 3 is 1.64 bits per heavy atom. The van der Waals surface area contributed by atoms with Gasteiger partial charge < -0.3 is 5.32 Å². The van der Waals surface area contributed by atoms with Gasteiger partial charge in [-0.25, -0.2) is 0 Å². The molecule has 0 saturated carbocycles. The highest BCUT2D eigenvalue weighted by Gasteiger charge is 2.13. The van der Waals surface area contributed by atoms with Crippen molar-refractivity contribution < 1.29 is 4.79 Å². The van der Waals surface area contributed by atoms with Crippen LogP contribution < -0.4 is 5.32 Å². The van der Waals surface area contributed by atoms with Gasteiger partial charge in [-0.3, -0.25) is 4.79 Å². The fourth-order valence-corrected chi connectivity index (χ4v) is 2.93. The summed E-state index contributed by atoms with van der Waals surface area (Å²) < 4.78 is 0. The SMILES string of the molecule is CCCCCCCC(CCCCCCC)NC(=O)CC(C)C. The highest BCUT2D eigenvalue weighted by atomic mass is 16.1. The zero-order valence-corrected chi connectivity index (χ0v) is 15.8. The van der Waals surface area contributed by atoms with Gasteiger partial charge in [0.25, 0.3) is 0 Å². The predicted molar refractivity (Wildman–Crippen MR) is 98.1 cm³/mol. The molecule has 0 atom stereocenters. The third-order valence-corrected chi connectivity index (χ3v) is 4.27. The molecule has 22 heavy (non-hydrogen) atoms. The summed E-state index contributed by atoms with van der Waals surface area (Å²) in [6.07, 6.45) is 16.2. The van der Waals surface area contributed by atoms with Crippen molar-refractivity contribution in [1.29, 1.82) is 0 Å². The second kappa shape index (κ2) is 15.4. The van der Waals surface area contributed by atoms with Crippen LogP contribution in [0.4, 0.5) is 0 Å². The van der Waals surface area contributed by atoms with E-state index >= 15 is 0 Å². The van der Waals surface area contributed by atoms with E-state index in [0.29, 0.717) is 18.4 Å². The lowest BCUT2D eigenvalue weighted by atomic mass is 10.00. The Hall–Kier alpha value is -0.530. The summed E-state index contributed by atoms with van der Waals surface area (Å²) in [7, 11) is 0. The second-order valence-electron chi connectivity index (χ2n) is 7.27. The van der Waals surface area contributed by atoms with Crippen molar-refractivity contribution in [1.82, 2.24) is 5.32 Å². The molecular formula is C20H41NO. The van der Waals surface area contributed by atoms with E-state index in [1.54, 1.807) is 0 Å². The largest absolute Gasteiger partial charge is 0.353 e. The monoisotopic (exact) mass is 311 g/mol. The molecule has 0 spiro atoms. The lowest BCUT2D eigenvalue weighted by molar-refractivity contribution is -0.122. The number of carbonyl (C=O) groups excluding carboxylic acids is 1. The van der Waals surface area contributed by atoms with Crippen molar-refractivity contribution in [2.45, 2.75) is 117 Å². The summed E-state index contributed by atoms with van der Waals surface area (Å²) in [5, 5.41) is 3.29. The summed E-state index contributed by atoms with van der Waals surface area (Å²) in [6, 6.07) is 0.412. The Morgan fingerprint density at radius 1 is 0.773 bits per heavy atom. The molecule has 0 aliphatic rings. The van der Waals surface area contributed by atoms with Gasteiger partial charge in [-0.15, -0.1) is 0 Å².